The maximum atomic E-state index is 12.6. The second-order valence-electron chi connectivity index (χ2n) is 8.43. The van der Waals surface area contributed by atoms with Gasteiger partial charge in [0.1, 0.15) is 11.8 Å². The average Bonchev–Trinajstić information content (AvgIpc) is 3.50. The molecule has 2 N–H and O–H groups in total. The number of piperidine rings is 1. The summed E-state index contributed by atoms with van der Waals surface area (Å²) in [5, 5.41) is 15.9. The number of rotatable bonds is 5. The van der Waals surface area contributed by atoms with Gasteiger partial charge in [0.15, 0.2) is 0 Å². The smallest absolute Gasteiger partial charge is 0.238 e. The summed E-state index contributed by atoms with van der Waals surface area (Å²) in [5.41, 5.74) is 4.62. The third kappa shape index (κ3) is 3.61. The Balaban J connectivity index is 1.23. The van der Waals surface area contributed by atoms with Gasteiger partial charge in [0, 0.05) is 18.9 Å². The highest BCUT2D eigenvalue weighted by atomic mass is 16.5. The van der Waals surface area contributed by atoms with Crippen LogP contribution in [0.15, 0.2) is 42.5 Å². The number of nitriles is 1. The highest BCUT2D eigenvalue weighted by Gasteiger charge is 2.43. The van der Waals surface area contributed by atoms with Gasteiger partial charge in [-0.2, -0.15) is 5.26 Å². The minimum Gasteiger partial charge on any atom is -0.493 e. The number of ether oxygens (including phenoxy) is 1. The van der Waals surface area contributed by atoms with Crippen molar-refractivity contribution in [3.05, 3.63) is 53.6 Å². The highest BCUT2D eigenvalue weighted by molar-refractivity contribution is 5.83. The molecule has 2 heterocycles. The zero-order chi connectivity index (χ0) is 19.8. The Morgan fingerprint density at radius 3 is 2.76 bits per heavy atom. The van der Waals surface area contributed by atoms with Crippen LogP contribution in [0.2, 0.25) is 0 Å². The zero-order valence-corrected chi connectivity index (χ0v) is 16.4. The topological polar surface area (TPSA) is 74.1 Å². The average molecular weight is 387 g/mol. The first-order valence-electron chi connectivity index (χ1n) is 10.5. The Hall–Kier alpha value is -2.84. The Labute approximate surface area is 171 Å². The SMILES string of the molecule is N#C[C@H](Cc1ccc(-c2ccc3c(c2)CCO3)cc1)NC(=O)[C@H]1N[C@@H]2CC[C@H]1C2. The standard InChI is InChI=1S/C24H25N3O2/c25-14-21(27-24(28)23-19-5-7-20(13-19)26-23)11-15-1-3-16(4-2-15)17-6-8-22-18(12-17)9-10-29-22/h1-4,6,8,12,19-21,23,26H,5,7,9-11,13H2,(H,27,28)/t19-,20+,21-,23-/m0/s1. The van der Waals surface area contributed by atoms with E-state index < -0.39 is 6.04 Å². The van der Waals surface area contributed by atoms with E-state index in [1.807, 2.05) is 18.2 Å². The van der Waals surface area contributed by atoms with E-state index in [1.54, 1.807) is 0 Å². The largest absolute Gasteiger partial charge is 0.493 e. The summed E-state index contributed by atoms with van der Waals surface area (Å²) in [4.78, 5) is 12.6. The van der Waals surface area contributed by atoms with Crippen molar-refractivity contribution in [2.75, 3.05) is 6.61 Å². The van der Waals surface area contributed by atoms with E-state index in [2.05, 4.69) is 41.0 Å². The lowest BCUT2D eigenvalue weighted by Crippen LogP contribution is -2.50. The minimum atomic E-state index is -0.508. The van der Waals surface area contributed by atoms with Crippen LogP contribution >= 0.6 is 0 Å². The molecule has 2 aromatic rings. The molecule has 2 aromatic carbocycles. The normalized spacial score (nSPS) is 25.1. The van der Waals surface area contributed by atoms with Gasteiger partial charge >= 0.3 is 0 Å². The molecule has 2 fully saturated rings. The molecule has 2 aliphatic heterocycles. The first kappa shape index (κ1) is 18.2. The van der Waals surface area contributed by atoms with E-state index in [1.165, 1.54) is 17.5 Å². The van der Waals surface area contributed by atoms with Gasteiger partial charge in [0.25, 0.3) is 0 Å². The van der Waals surface area contributed by atoms with Gasteiger partial charge in [0.2, 0.25) is 5.91 Å². The lowest BCUT2D eigenvalue weighted by Gasteiger charge is -2.23. The summed E-state index contributed by atoms with van der Waals surface area (Å²) in [6.07, 6.45) is 4.85. The van der Waals surface area contributed by atoms with Crippen molar-refractivity contribution in [2.24, 2.45) is 5.92 Å². The van der Waals surface area contributed by atoms with Crippen LogP contribution in [-0.2, 0) is 17.6 Å². The molecule has 148 valence electrons. The van der Waals surface area contributed by atoms with Gasteiger partial charge in [-0.25, -0.2) is 0 Å². The fourth-order valence-corrected chi connectivity index (χ4v) is 4.98. The van der Waals surface area contributed by atoms with Gasteiger partial charge in [-0.3, -0.25) is 4.79 Å². The molecule has 1 amide bonds. The van der Waals surface area contributed by atoms with E-state index >= 15 is 0 Å². The summed E-state index contributed by atoms with van der Waals surface area (Å²) < 4.78 is 5.58. The number of nitrogens with one attached hydrogen (secondary N) is 2. The van der Waals surface area contributed by atoms with Crippen molar-refractivity contribution in [1.29, 1.82) is 5.26 Å². The second kappa shape index (κ2) is 7.53. The first-order chi connectivity index (χ1) is 14.2. The quantitative estimate of drug-likeness (QED) is 0.827. The molecular weight excluding hydrogens is 362 g/mol. The van der Waals surface area contributed by atoms with E-state index in [9.17, 15) is 10.1 Å². The van der Waals surface area contributed by atoms with Gasteiger partial charge in [-0.15, -0.1) is 0 Å². The molecule has 0 unspecified atom stereocenters. The lowest BCUT2D eigenvalue weighted by atomic mass is 9.97. The first-order valence-corrected chi connectivity index (χ1v) is 10.5. The van der Waals surface area contributed by atoms with E-state index in [0.717, 1.165) is 42.7 Å². The summed E-state index contributed by atoms with van der Waals surface area (Å²) in [6, 6.07) is 16.7. The van der Waals surface area contributed by atoms with Crippen LogP contribution < -0.4 is 15.4 Å². The Morgan fingerprint density at radius 1 is 1.21 bits per heavy atom. The maximum absolute atomic E-state index is 12.6. The summed E-state index contributed by atoms with van der Waals surface area (Å²) in [5.74, 6) is 1.39. The van der Waals surface area contributed by atoms with Crippen molar-refractivity contribution in [1.82, 2.24) is 10.6 Å². The Morgan fingerprint density at radius 2 is 2.03 bits per heavy atom. The Kier molecular flexibility index (Phi) is 4.73. The molecule has 3 aliphatic rings. The molecular formula is C24H25N3O2. The number of nitrogens with zero attached hydrogens (tertiary/aromatic N) is 1. The number of hydrogen-bond donors (Lipinski definition) is 2. The van der Waals surface area contributed by atoms with Crippen molar-refractivity contribution < 1.29 is 9.53 Å². The van der Waals surface area contributed by atoms with Gasteiger partial charge in [0.05, 0.1) is 18.7 Å². The fraction of sp³-hybridized carbons (Fsp3) is 0.417. The summed E-state index contributed by atoms with van der Waals surface area (Å²) >= 11 is 0. The highest BCUT2D eigenvalue weighted by Crippen LogP contribution is 2.35. The summed E-state index contributed by atoms with van der Waals surface area (Å²) in [6.45, 7) is 0.761. The van der Waals surface area contributed by atoms with Crippen molar-refractivity contribution >= 4 is 5.91 Å². The second-order valence-corrected chi connectivity index (χ2v) is 8.43. The molecule has 29 heavy (non-hydrogen) atoms. The molecule has 1 saturated carbocycles. The molecule has 0 spiro atoms. The molecule has 0 aromatic heterocycles. The summed E-state index contributed by atoms with van der Waals surface area (Å²) in [7, 11) is 0. The van der Waals surface area contributed by atoms with Gasteiger partial charge < -0.3 is 15.4 Å². The lowest BCUT2D eigenvalue weighted by molar-refractivity contribution is -0.124. The van der Waals surface area contributed by atoms with Crippen LogP contribution in [0.3, 0.4) is 0 Å². The number of carbonyl (C=O) groups excluding carboxylic acids is 1. The molecule has 4 atom stereocenters. The van der Waals surface area contributed by atoms with Crippen LogP contribution in [0.25, 0.3) is 11.1 Å². The predicted molar refractivity (Wildman–Crippen MR) is 110 cm³/mol. The van der Waals surface area contributed by atoms with Gasteiger partial charge in [-0.05, 0) is 59.6 Å². The molecule has 1 aliphatic carbocycles. The predicted octanol–water partition coefficient (Wildman–Crippen LogP) is 2.98. The molecule has 5 heteroatoms. The van der Waals surface area contributed by atoms with E-state index in [-0.39, 0.29) is 11.9 Å². The number of benzene rings is 2. The number of amides is 1. The third-order valence-electron chi connectivity index (χ3n) is 6.53. The molecule has 5 nitrogen and oxygen atoms in total. The van der Waals surface area contributed by atoms with Crippen LogP contribution in [0, 0.1) is 17.2 Å². The van der Waals surface area contributed by atoms with E-state index in [0.29, 0.717) is 18.4 Å². The number of carbonyl (C=O) groups is 1. The molecule has 1 saturated heterocycles. The molecule has 5 rings (SSSR count). The van der Waals surface area contributed by atoms with Crippen LogP contribution in [0.5, 0.6) is 5.75 Å². The zero-order valence-electron chi connectivity index (χ0n) is 16.4. The van der Waals surface area contributed by atoms with Crippen molar-refractivity contribution in [2.45, 2.75) is 50.2 Å². The third-order valence-corrected chi connectivity index (χ3v) is 6.53. The van der Waals surface area contributed by atoms with Crippen molar-refractivity contribution in [3.8, 4) is 22.9 Å². The van der Waals surface area contributed by atoms with E-state index in [4.69, 9.17) is 4.74 Å². The molecule has 2 bridgehead atoms. The van der Waals surface area contributed by atoms with Crippen LogP contribution in [0.4, 0.5) is 0 Å². The monoisotopic (exact) mass is 387 g/mol. The van der Waals surface area contributed by atoms with Gasteiger partial charge in [-0.1, -0.05) is 30.3 Å². The van der Waals surface area contributed by atoms with Crippen molar-refractivity contribution in [3.63, 3.8) is 0 Å². The van der Waals surface area contributed by atoms with Crippen LogP contribution in [-0.4, -0.2) is 30.6 Å². The number of fused-ring (bicyclic) bond motifs is 3. The maximum Gasteiger partial charge on any atom is 0.238 e. The van der Waals surface area contributed by atoms with Crippen LogP contribution in [0.1, 0.15) is 30.4 Å². The minimum absolute atomic E-state index is 0.0271. The number of hydrogen-bond acceptors (Lipinski definition) is 4. The Bertz CT molecular complexity index is 963. The molecule has 0 radical (unpaired) electrons. The fourth-order valence-electron chi connectivity index (χ4n) is 4.98.